The lowest BCUT2D eigenvalue weighted by Gasteiger charge is -2.06. The van der Waals surface area contributed by atoms with Gasteiger partial charge in [0.05, 0.1) is 0 Å². The molecule has 0 atom stereocenters. The van der Waals surface area contributed by atoms with Gasteiger partial charge in [-0.25, -0.2) is 4.39 Å². The number of benzene rings is 1. The number of aromatic nitrogens is 3. The van der Waals surface area contributed by atoms with Gasteiger partial charge in [-0.15, -0.1) is 0 Å². The topological polar surface area (TPSA) is 59.9 Å². The van der Waals surface area contributed by atoms with Crippen LogP contribution in [0, 0.1) is 5.82 Å². The molecule has 94 valence electrons. The van der Waals surface area contributed by atoms with Crippen molar-refractivity contribution in [2.45, 2.75) is 6.61 Å². The molecule has 0 unspecified atom stereocenters. The fraction of sp³-hybridized carbons (Fsp3) is 0.182. The summed E-state index contributed by atoms with van der Waals surface area (Å²) in [5.41, 5.74) is 0.417. The molecule has 5 nitrogen and oxygen atoms in total. The Kier molecular flexibility index (Phi) is 3.88. The van der Waals surface area contributed by atoms with Gasteiger partial charge < -0.3 is 10.1 Å². The number of nitrogens with zero attached hydrogens (tertiary/aromatic N) is 3. The minimum absolute atomic E-state index is 0.0119. The molecule has 1 aromatic heterocycles. The Morgan fingerprint density at radius 3 is 2.78 bits per heavy atom. The van der Waals surface area contributed by atoms with Crippen LogP contribution in [-0.2, 0) is 6.61 Å². The van der Waals surface area contributed by atoms with E-state index >= 15 is 0 Å². The Morgan fingerprint density at radius 2 is 2.06 bits per heavy atom. The molecule has 1 aromatic carbocycles. The molecule has 0 amide bonds. The molecule has 0 saturated heterocycles. The first-order valence-corrected chi connectivity index (χ1v) is 5.52. The SMILES string of the molecule is CNc1nc(Cl)nc(OCc2ccccc2F)n1. The highest BCUT2D eigenvalue weighted by atomic mass is 35.5. The fourth-order valence-corrected chi connectivity index (χ4v) is 1.42. The third-order valence-electron chi connectivity index (χ3n) is 2.13. The first kappa shape index (κ1) is 12.5. The third kappa shape index (κ3) is 3.04. The van der Waals surface area contributed by atoms with Gasteiger partial charge in [0.25, 0.3) is 0 Å². The van der Waals surface area contributed by atoms with Crippen molar-refractivity contribution in [2.75, 3.05) is 12.4 Å². The van der Waals surface area contributed by atoms with Gasteiger partial charge in [0, 0.05) is 12.6 Å². The maximum absolute atomic E-state index is 13.3. The zero-order chi connectivity index (χ0) is 13.0. The van der Waals surface area contributed by atoms with Crippen molar-refractivity contribution in [3.05, 3.63) is 40.9 Å². The molecule has 0 fully saturated rings. The molecule has 1 N–H and O–H groups in total. The van der Waals surface area contributed by atoms with E-state index in [0.29, 0.717) is 11.5 Å². The molecule has 1 heterocycles. The van der Waals surface area contributed by atoms with Crippen LogP contribution in [0.1, 0.15) is 5.56 Å². The normalized spacial score (nSPS) is 10.2. The van der Waals surface area contributed by atoms with Crippen LogP contribution in [0.2, 0.25) is 5.28 Å². The lowest BCUT2D eigenvalue weighted by Crippen LogP contribution is -2.05. The smallest absolute Gasteiger partial charge is 0.322 e. The molecule has 0 aliphatic carbocycles. The zero-order valence-corrected chi connectivity index (χ0v) is 10.3. The van der Waals surface area contributed by atoms with E-state index in [1.54, 1.807) is 25.2 Å². The number of anilines is 1. The highest BCUT2D eigenvalue weighted by molar-refractivity contribution is 6.28. The molecule has 0 spiro atoms. The number of ether oxygens (including phenoxy) is 1. The number of halogens is 2. The Balaban J connectivity index is 2.11. The van der Waals surface area contributed by atoms with E-state index in [0.717, 1.165) is 0 Å². The molecule has 0 bridgehead atoms. The molecule has 0 radical (unpaired) electrons. The highest BCUT2D eigenvalue weighted by Crippen LogP contribution is 2.13. The largest absolute Gasteiger partial charge is 0.458 e. The van der Waals surface area contributed by atoms with Crippen LogP contribution in [-0.4, -0.2) is 22.0 Å². The monoisotopic (exact) mass is 268 g/mol. The van der Waals surface area contributed by atoms with Crippen molar-refractivity contribution in [1.29, 1.82) is 0 Å². The number of nitrogens with one attached hydrogen (secondary N) is 1. The Bertz CT molecular complexity index is 552. The van der Waals surface area contributed by atoms with E-state index in [2.05, 4.69) is 20.3 Å². The summed E-state index contributed by atoms with van der Waals surface area (Å²) in [6.45, 7) is 0.0240. The average molecular weight is 269 g/mol. The van der Waals surface area contributed by atoms with Gasteiger partial charge in [-0.2, -0.15) is 15.0 Å². The summed E-state index contributed by atoms with van der Waals surface area (Å²) in [5.74, 6) is -0.0509. The molecule has 2 aromatic rings. The van der Waals surface area contributed by atoms with Crippen molar-refractivity contribution in [3.8, 4) is 6.01 Å². The molecule has 0 aliphatic heterocycles. The average Bonchev–Trinajstić information content (AvgIpc) is 2.37. The van der Waals surface area contributed by atoms with E-state index in [-0.39, 0.29) is 23.7 Å². The van der Waals surface area contributed by atoms with E-state index in [9.17, 15) is 4.39 Å². The number of hydrogen-bond donors (Lipinski definition) is 1. The van der Waals surface area contributed by atoms with Crippen molar-refractivity contribution >= 4 is 17.5 Å². The van der Waals surface area contributed by atoms with Gasteiger partial charge in [0.2, 0.25) is 11.2 Å². The second-order valence-electron chi connectivity index (χ2n) is 3.34. The molecule has 7 heteroatoms. The first-order chi connectivity index (χ1) is 8.69. The van der Waals surface area contributed by atoms with Crippen molar-refractivity contribution < 1.29 is 9.13 Å². The molecule has 18 heavy (non-hydrogen) atoms. The maximum atomic E-state index is 13.3. The van der Waals surface area contributed by atoms with Crippen molar-refractivity contribution in [3.63, 3.8) is 0 Å². The molecule has 0 aliphatic rings. The fourth-order valence-electron chi connectivity index (χ4n) is 1.27. The van der Waals surface area contributed by atoms with Crippen molar-refractivity contribution in [2.24, 2.45) is 0 Å². The first-order valence-electron chi connectivity index (χ1n) is 5.14. The second kappa shape index (κ2) is 5.59. The van der Waals surface area contributed by atoms with Crippen LogP contribution in [0.3, 0.4) is 0 Å². The van der Waals surface area contributed by atoms with Gasteiger partial charge >= 0.3 is 6.01 Å². The molecular formula is C11H10ClFN4O. The lowest BCUT2D eigenvalue weighted by molar-refractivity contribution is 0.275. The summed E-state index contributed by atoms with van der Waals surface area (Å²) in [5, 5.41) is 2.73. The van der Waals surface area contributed by atoms with Crippen LogP contribution in [0.5, 0.6) is 6.01 Å². The van der Waals surface area contributed by atoms with Crippen LogP contribution in [0.25, 0.3) is 0 Å². The Hall–Kier alpha value is -1.95. The summed E-state index contributed by atoms with van der Waals surface area (Å²) >= 11 is 5.69. The molecular weight excluding hydrogens is 259 g/mol. The minimum atomic E-state index is -0.341. The molecule has 0 saturated carbocycles. The maximum Gasteiger partial charge on any atom is 0.322 e. The summed E-state index contributed by atoms with van der Waals surface area (Å²) < 4.78 is 18.6. The highest BCUT2D eigenvalue weighted by Gasteiger charge is 2.07. The summed E-state index contributed by atoms with van der Waals surface area (Å²) in [7, 11) is 1.65. The standard InChI is InChI=1S/C11H10ClFN4O/c1-14-10-15-9(12)16-11(17-10)18-6-7-4-2-3-5-8(7)13/h2-5H,6H2,1H3,(H,14,15,16,17). The van der Waals surface area contributed by atoms with E-state index in [1.165, 1.54) is 6.07 Å². The second-order valence-corrected chi connectivity index (χ2v) is 3.68. The third-order valence-corrected chi connectivity index (χ3v) is 2.29. The van der Waals surface area contributed by atoms with Gasteiger partial charge in [-0.05, 0) is 17.7 Å². The van der Waals surface area contributed by atoms with E-state index in [1.807, 2.05) is 0 Å². The Morgan fingerprint density at radius 1 is 1.28 bits per heavy atom. The van der Waals surface area contributed by atoms with E-state index < -0.39 is 0 Å². The number of hydrogen-bond acceptors (Lipinski definition) is 5. The zero-order valence-electron chi connectivity index (χ0n) is 9.52. The van der Waals surface area contributed by atoms with Gasteiger partial charge in [-0.3, -0.25) is 0 Å². The predicted octanol–water partition coefficient (Wildman–Crippen LogP) is 2.28. The summed E-state index contributed by atoms with van der Waals surface area (Å²) in [6.07, 6.45) is 0. The lowest BCUT2D eigenvalue weighted by atomic mass is 10.2. The van der Waals surface area contributed by atoms with Crippen LogP contribution in [0.4, 0.5) is 10.3 Å². The van der Waals surface area contributed by atoms with Crippen LogP contribution in [0.15, 0.2) is 24.3 Å². The van der Waals surface area contributed by atoms with Crippen LogP contribution >= 0.6 is 11.6 Å². The Labute approximate surface area is 108 Å². The van der Waals surface area contributed by atoms with Gasteiger partial charge in [0.15, 0.2) is 0 Å². The number of rotatable bonds is 4. The molecule has 2 rings (SSSR count). The van der Waals surface area contributed by atoms with Gasteiger partial charge in [0.1, 0.15) is 12.4 Å². The minimum Gasteiger partial charge on any atom is -0.458 e. The predicted molar refractivity (Wildman–Crippen MR) is 65.1 cm³/mol. The van der Waals surface area contributed by atoms with Crippen molar-refractivity contribution in [1.82, 2.24) is 15.0 Å². The summed E-state index contributed by atoms with van der Waals surface area (Å²) in [6, 6.07) is 6.36. The van der Waals surface area contributed by atoms with E-state index in [4.69, 9.17) is 16.3 Å². The summed E-state index contributed by atoms with van der Waals surface area (Å²) in [4.78, 5) is 11.5. The van der Waals surface area contributed by atoms with Crippen LogP contribution < -0.4 is 10.1 Å². The van der Waals surface area contributed by atoms with Gasteiger partial charge in [-0.1, -0.05) is 18.2 Å². The quantitative estimate of drug-likeness (QED) is 0.922.